The third-order valence-electron chi connectivity index (χ3n) is 5.34. The minimum atomic E-state index is -0.502. The Morgan fingerprint density at radius 2 is 2.04 bits per heavy atom. The van der Waals surface area contributed by atoms with Gasteiger partial charge >= 0.3 is 11.8 Å². The van der Waals surface area contributed by atoms with E-state index in [1.165, 1.54) is 18.3 Å². The van der Waals surface area contributed by atoms with Crippen LogP contribution in [0.25, 0.3) is 0 Å². The predicted molar refractivity (Wildman–Crippen MR) is 99.0 cm³/mol. The third kappa shape index (κ3) is 4.09. The molecule has 1 atom stereocenters. The van der Waals surface area contributed by atoms with Crippen LogP contribution in [0.3, 0.4) is 0 Å². The maximum absolute atomic E-state index is 13.0. The van der Waals surface area contributed by atoms with E-state index < -0.39 is 10.5 Å². The Hall–Kier alpha value is -2.68. The van der Waals surface area contributed by atoms with Gasteiger partial charge in [0.15, 0.2) is 0 Å². The van der Waals surface area contributed by atoms with Crippen molar-refractivity contribution in [2.75, 3.05) is 19.6 Å². The number of hydrogen-bond acceptors (Lipinski definition) is 6. The second-order valence-electron chi connectivity index (χ2n) is 7.68. The molecule has 9 heteroatoms. The summed E-state index contributed by atoms with van der Waals surface area (Å²) in [6, 6.07) is 6.43. The number of likely N-dealkylation sites (tertiary alicyclic amines) is 1. The van der Waals surface area contributed by atoms with Gasteiger partial charge in [-0.1, -0.05) is 0 Å². The summed E-state index contributed by atoms with van der Waals surface area (Å²) >= 11 is 0. The molecule has 1 fully saturated rings. The Morgan fingerprint density at radius 3 is 2.71 bits per heavy atom. The Bertz CT molecular complexity index is 848. The lowest BCUT2D eigenvalue weighted by Crippen LogP contribution is -2.51. The van der Waals surface area contributed by atoms with E-state index >= 15 is 0 Å². The summed E-state index contributed by atoms with van der Waals surface area (Å²) in [5.74, 6) is 0.239. The average molecular weight is 390 g/mol. The fourth-order valence-corrected chi connectivity index (χ4v) is 3.82. The number of halogens is 1. The predicted octanol–water partition coefficient (Wildman–Crippen LogP) is 3.02. The molecule has 2 aliphatic heterocycles. The fraction of sp³-hybridized carbons (Fsp3) is 0.526. The van der Waals surface area contributed by atoms with Gasteiger partial charge in [-0.15, -0.1) is 0 Å². The average Bonchev–Trinajstić information content (AvgIpc) is 3.08. The smallest absolute Gasteiger partial charge is 0.414 e. The third-order valence-corrected chi connectivity index (χ3v) is 5.34. The molecule has 28 heavy (non-hydrogen) atoms. The van der Waals surface area contributed by atoms with Crippen LogP contribution >= 0.6 is 0 Å². The number of rotatable bonds is 5. The molecular formula is C19H23FN4O4. The second-order valence-corrected chi connectivity index (χ2v) is 7.68. The van der Waals surface area contributed by atoms with Crippen molar-refractivity contribution >= 4 is 5.82 Å². The molecule has 0 amide bonds. The highest BCUT2D eigenvalue weighted by Gasteiger charge is 2.38. The molecule has 0 aliphatic carbocycles. The van der Waals surface area contributed by atoms with E-state index in [1.54, 1.807) is 16.7 Å². The Balaban J connectivity index is 1.30. The summed E-state index contributed by atoms with van der Waals surface area (Å²) in [5.41, 5.74) is -0.431. The lowest BCUT2D eigenvalue weighted by atomic mass is 9.98. The van der Waals surface area contributed by atoms with Gasteiger partial charge in [-0.25, -0.2) is 4.39 Å². The highest BCUT2D eigenvalue weighted by Crippen LogP contribution is 2.31. The van der Waals surface area contributed by atoms with Crippen molar-refractivity contribution in [1.82, 2.24) is 14.5 Å². The number of aryl methyl sites for hydroxylation is 1. The van der Waals surface area contributed by atoms with Crippen molar-refractivity contribution in [3.63, 3.8) is 0 Å². The van der Waals surface area contributed by atoms with Crippen LogP contribution in [-0.2, 0) is 6.54 Å². The number of piperidine rings is 1. The van der Waals surface area contributed by atoms with Gasteiger partial charge in [0.1, 0.15) is 29.5 Å². The van der Waals surface area contributed by atoms with Gasteiger partial charge in [-0.05, 0) is 49.0 Å². The van der Waals surface area contributed by atoms with Crippen molar-refractivity contribution in [2.24, 2.45) is 0 Å². The van der Waals surface area contributed by atoms with E-state index in [-0.39, 0.29) is 17.7 Å². The number of nitrogens with zero attached hydrogens (tertiary/aromatic N) is 4. The maximum Gasteiger partial charge on any atom is 0.414 e. The van der Waals surface area contributed by atoms with Crippen molar-refractivity contribution in [1.29, 1.82) is 0 Å². The first-order chi connectivity index (χ1) is 13.4. The molecule has 1 aromatic heterocycles. The molecule has 1 unspecified atom stereocenters. The summed E-state index contributed by atoms with van der Waals surface area (Å²) in [5, 5.41) is 10.9. The minimum Gasteiger partial charge on any atom is -0.490 e. The second kappa shape index (κ2) is 7.38. The molecule has 150 valence electrons. The van der Waals surface area contributed by atoms with E-state index in [0.717, 1.165) is 38.9 Å². The first-order valence-electron chi connectivity index (χ1n) is 9.45. The van der Waals surface area contributed by atoms with E-state index in [2.05, 4.69) is 9.88 Å². The van der Waals surface area contributed by atoms with Crippen LogP contribution in [0.4, 0.5) is 10.2 Å². The SMILES string of the molecule is CC1(CN2CCC(Oc3ccc(F)cc3)CC2)CCn2cc([N+](=O)[O-])nc2O1. The molecule has 0 bridgehead atoms. The maximum atomic E-state index is 13.0. The number of hydrogen-bond donors (Lipinski definition) is 0. The van der Waals surface area contributed by atoms with Crippen LogP contribution in [0.2, 0.25) is 0 Å². The van der Waals surface area contributed by atoms with Crippen LogP contribution in [0.1, 0.15) is 26.2 Å². The van der Waals surface area contributed by atoms with Gasteiger partial charge < -0.3 is 19.6 Å². The lowest BCUT2D eigenvalue weighted by Gasteiger charge is -2.39. The largest absolute Gasteiger partial charge is 0.490 e. The first-order valence-corrected chi connectivity index (χ1v) is 9.45. The molecule has 8 nitrogen and oxygen atoms in total. The highest BCUT2D eigenvalue weighted by molar-refractivity contribution is 5.23. The van der Waals surface area contributed by atoms with Crippen molar-refractivity contribution in [2.45, 2.75) is 44.4 Å². The van der Waals surface area contributed by atoms with E-state index in [1.807, 2.05) is 6.92 Å². The van der Waals surface area contributed by atoms with Gasteiger partial charge in [-0.2, -0.15) is 0 Å². The number of fused-ring (bicyclic) bond motifs is 1. The Labute approximate surface area is 162 Å². The fourth-order valence-electron chi connectivity index (χ4n) is 3.82. The van der Waals surface area contributed by atoms with Crippen molar-refractivity contribution in [3.05, 3.63) is 46.4 Å². The molecule has 1 saturated heterocycles. The summed E-state index contributed by atoms with van der Waals surface area (Å²) < 4.78 is 26.7. The van der Waals surface area contributed by atoms with Crippen LogP contribution in [0, 0.1) is 15.9 Å². The van der Waals surface area contributed by atoms with Crippen LogP contribution in [0.5, 0.6) is 11.8 Å². The van der Waals surface area contributed by atoms with Gasteiger partial charge in [0, 0.05) is 37.6 Å². The quantitative estimate of drug-likeness (QED) is 0.577. The molecule has 0 saturated carbocycles. The van der Waals surface area contributed by atoms with Gasteiger partial charge in [0.2, 0.25) is 0 Å². The first kappa shape index (κ1) is 18.7. The molecular weight excluding hydrogens is 367 g/mol. The van der Waals surface area contributed by atoms with Gasteiger partial charge in [0.25, 0.3) is 0 Å². The molecule has 0 radical (unpaired) electrons. The number of imidazole rings is 1. The zero-order chi connectivity index (χ0) is 19.7. The number of benzene rings is 1. The molecule has 1 aromatic carbocycles. The monoisotopic (exact) mass is 390 g/mol. The van der Waals surface area contributed by atoms with Crippen LogP contribution < -0.4 is 9.47 Å². The van der Waals surface area contributed by atoms with E-state index in [9.17, 15) is 14.5 Å². The molecule has 4 rings (SSSR count). The van der Waals surface area contributed by atoms with Crippen molar-refractivity contribution in [3.8, 4) is 11.8 Å². The van der Waals surface area contributed by atoms with Gasteiger partial charge in [-0.3, -0.25) is 9.47 Å². The summed E-state index contributed by atoms with van der Waals surface area (Å²) in [6.07, 6.45) is 4.07. The number of aromatic nitrogens is 2. The number of nitro groups is 1. The van der Waals surface area contributed by atoms with E-state index in [4.69, 9.17) is 9.47 Å². The van der Waals surface area contributed by atoms with Crippen LogP contribution in [-0.4, -0.2) is 50.7 Å². The summed E-state index contributed by atoms with van der Waals surface area (Å²) in [4.78, 5) is 16.7. The van der Waals surface area contributed by atoms with Crippen LogP contribution in [0.15, 0.2) is 30.5 Å². The zero-order valence-electron chi connectivity index (χ0n) is 15.7. The summed E-state index contributed by atoms with van der Waals surface area (Å²) in [7, 11) is 0. The zero-order valence-corrected chi connectivity index (χ0v) is 15.7. The Kier molecular flexibility index (Phi) is 4.92. The molecule has 2 aromatic rings. The lowest BCUT2D eigenvalue weighted by molar-refractivity contribution is -0.389. The summed E-state index contributed by atoms with van der Waals surface area (Å²) in [6.45, 7) is 5.16. The van der Waals surface area contributed by atoms with E-state index in [0.29, 0.717) is 18.3 Å². The topological polar surface area (TPSA) is 82.7 Å². The van der Waals surface area contributed by atoms with Gasteiger partial charge in [0.05, 0.1) is 0 Å². The molecule has 2 aliphatic rings. The molecule has 0 spiro atoms. The minimum absolute atomic E-state index is 0.114. The molecule has 3 heterocycles. The standard InChI is InChI=1S/C19H23FN4O4/c1-19(8-11-23-12-17(24(25)26)21-18(23)28-19)13-22-9-6-16(7-10-22)27-15-4-2-14(20)3-5-15/h2-5,12,16H,6-11,13H2,1H3. The number of ether oxygens (including phenoxy) is 2. The Morgan fingerprint density at radius 1 is 1.32 bits per heavy atom. The normalized spacial score (nSPS) is 23.1. The van der Waals surface area contributed by atoms with Crippen molar-refractivity contribution < 1.29 is 18.8 Å². The molecule has 0 N–H and O–H groups in total. The highest BCUT2D eigenvalue weighted by atomic mass is 19.1.